The minimum atomic E-state index is -1.32. The predicted molar refractivity (Wildman–Crippen MR) is 80.9 cm³/mol. The molecule has 6 heteroatoms. The van der Waals surface area contributed by atoms with Crippen LogP contribution in [-0.2, 0) is 23.1 Å². The van der Waals surface area contributed by atoms with Crippen molar-refractivity contribution in [2.45, 2.75) is 17.2 Å². The Bertz CT molecular complexity index is 664. The quantitative estimate of drug-likeness (QED) is 0.923. The Hall–Kier alpha value is -0.940. The van der Waals surface area contributed by atoms with Crippen LogP contribution in [-0.4, -0.2) is 4.21 Å². The van der Waals surface area contributed by atoms with Crippen LogP contribution in [0.3, 0.4) is 0 Å². The molecule has 1 unspecified atom stereocenters. The summed E-state index contributed by atoms with van der Waals surface area (Å²) in [5.41, 5.74) is 6.80. The zero-order chi connectivity index (χ0) is 14.7. The summed E-state index contributed by atoms with van der Waals surface area (Å²) in [4.78, 5) is 0.554. The van der Waals surface area contributed by atoms with E-state index in [1.807, 2.05) is 0 Å². The molecule has 0 amide bonds. The van der Waals surface area contributed by atoms with Gasteiger partial charge in [0.05, 0.1) is 26.6 Å². The number of halogens is 3. The van der Waals surface area contributed by atoms with Gasteiger partial charge in [0.2, 0.25) is 0 Å². The van der Waals surface area contributed by atoms with E-state index in [0.29, 0.717) is 26.1 Å². The van der Waals surface area contributed by atoms with Crippen molar-refractivity contribution in [3.63, 3.8) is 0 Å². The van der Waals surface area contributed by atoms with Crippen molar-refractivity contribution in [3.05, 3.63) is 63.4 Å². The normalized spacial score (nSPS) is 12.4. The van der Waals surface area contributed by atoms with Crippen molar-refractivity contribution in [3.8, 4) is 0 Å². The molecule has 20 heavy (non-hydrogen) atoms. The van der Waals surface area contributed by atoms with Gasteiger partial charge in [-0.3, -0.25) is 4.21 Å². The van der Waals surface area contributed by atoms with E-state index in [0.717, 1.165) is 0 Å². The third-order valence-electron chi connectivity index (χ3n) is 2.70. The van der Waals surface area contributed by atoms with E-state index < -0.39 is 10.8 Å². The lowest BCUT2D eigenvalue weighted by molar-refractivity contribution is 0.623. The molecule has 0 aliphatic carbocycles. The van der Waals surface area contributed by atoms with Gasteiger partial charge in [0.25, 0.3) is 0 Å². The molecule has 2 rings (SSSR count). The third-order valence-corrected chi connectivity index (χ3v) is 4.82. The SMILES string of the molecule is NCc1cc(F)cc(CS(=O)c2ccc(Cl)c(Cl)c2)c1. The van der Waals surface area contributed by atoms with Gasteiger partial charge in [0.1, 0.15) is 5.82 Å². The van der Waals surface area contributed by atoms with E-state index in [4.69, 9.17) is 28.9 Å². The van der Waals surface area contributed by atoms with E-state index in [-0.39, 0.29) is 18.1 Å². The van der Waals surface area contributed by atoms with Gasteiger partial charge in [0.15, 0.2) is 0 Å². The van der Waals surface area contributed by atoms with Gasteiger partial charge in [0, 0.05) is 11.4 Å². The standard InChI is InChI=1S/C14H12Cl2FNOS/c15-13-2-1-12(6-14(13)16)20(19)8-10-3-9(7-18)4-11(17)5-10/h1-6H,7-8,18H2. The first-order valence-electron chi connectivity index (χ1n) is 5.81. The largest absolute Gasteiger partial charge is 0.326 e. The lowest BCUT2D eigenvalue weighted by Gasteiger charge is -2.06. The van der Waals surface area contributed by atoms with Crippen LogP contribution in [0.2, 0.25) is 10.0 Å². The molecule has 0 heterocycles. The van der Waals surface area contributed by atoms with Crippen molar-refractivity contribution >= 4 is 34.0 Å². The van der Waals surface area contributed by atoms with Gasteiger partial charge in [-0.15, -0.1) is 0 Å². The van der Waals surface area contributed by atoms with Gasteiger partial charge in [-0.1, -0.05) is 29.3 Å². The van der Waals surface area contributed by atoms with Crippen molar-refractivity contribution in [1.29, 1.82) is 0 Å². The summed E-state index contributed by atoms with van der Waals surface area (Å²) < 4.78 is 25.6. The Labute approximate surface area is 129 Å². The van der Waals surface area contributed by atoms with Crippen LogP contribution in [0.15, 0.2) is 41.3 Å². The highest BCUT2D eigenvalue weighted by molar-refractivity contribution is 7.84. The van der Waals surface area contributed by atoms with E-state index in [1.165, 1.54) is 12.1 Å². The monoisotopic (exact) mass is 331 g/mol. The number of rotatable bonds is 4. The zero-order valence-electron chi connectivity index (χ0n) is 10.4. The molecule has 0 aliphatic heterocycles. The summed E-state index contributed by atoms with van der Waals surface area (Å²) >= 11 is 11.7. The molecule has 0 bridgehead atoms. The highest BCUT2D eigenvalue weighted by atomic mass is 35.5. The first-order chi connectivity index (χ1) is 9.49. The van der Waals surface area contributed by atoms with Crippen molar-refractivity contribution in [2.75, 3.05) is 0 Å². The highest BCUT2D eigenvalue weighted by Gasteiger charge is 2.09. The maximum absolute atomic E-state index is 13.4. The Balaban J connectivity index is 2.23. The second-order valence-electron chi connectivity index (χ2n) is 4.24. The summed E-state index contributed by atoms with van der Waals surface area (Å²) in [5.74, 6) is -0.183. The van der Waals surface area contributed by atoms with Crippen molar-refractivity contribution in [1.82, 2.24) is 0 Å². The maximum atomic E-state index is 13.4. The molecular formula is C14H12Cl2FNOS. The zero-order valence-corrected chi connectivity index (χ0v) is 12.7. The average molecular weight is 332 g/mol. The van der Waals surface area contributed by atoms with Crippen molar-refractivity contribution in [2.24, 2.45) is 5.73 Å². The Morgan fingerprint density at radius 1 is 1.05 bits per heavy atom. The van der Waals surface area contributed by atoms with Crippen LogP contribution in [0.25, 0.3) is 0 Å². The molecule has 0 fully saturated rings. The van der Waals surface area contributed by atoms with Crippen LogP contribution >= 0.6 is 23.2 Å². The predicted octanol–water partition coefficient (Wildman–Crippen LogP) is 3.90. The molecule has 106 valence electrons. The fraction of sp³-hybridized carbons (Fsp3) is 0.143. The first-order valence-corrected chi connectivity index (χ1v) is 7.89. The minimum Gasteiger partial charge on any atom is -0.326 e. The van der Waals surface area contributed by atoms with Crippen molar-refractivity contribution < 1.29 is 8.60 Å². The summed E-state index contributed by atoms with van der Waals surface area (Å²) in [6, 6.07) is 9.27. The second-order valence-corrected chi connectivity index (χ2v) is 6.50. The van der Waals surface area contributed by atoms with Crippen LogP contribution in [0.1, 0.15) is 11.1 Å². The minimum absolute atomic E-state index is 0.197. The number of nitrogens with two attached hydrogens (primary N) is 1. The Morgan fingerprint density at radius 2 is 1.75 bits per heavy atom. The molecule has 0 radical (unpaired) electrons. The van der Waals surface area contributed by atoms with E-state index in [2.05, 4.69) is 0 Å². The van der Waals surface area contributed by atoms with Gasteiger partial charge in [-0.2, -0.15) is 0 Å². The molecule has 0 saturated carbocycles. The number of benzene rings is 2. The molecule has 0 aliphatic rings. The molecule has 2 nitrogen and oxygen atoms in total. The molecule has 0 spiro atoms. The van der Waals surface area contributed by atoms with E-state index >= 15 is 0 Å². The molecule has 1 atom stereocenters. The molecule has 0 saturated heterocycles. The fourth-order valence-electron chi connectivity index (χ4n) is 1.77. The molecule has 2 aromatic carbocycles. The Kier molecular flexibility index (Phi) is 5.16. The maximum Gasteiger partial charge on any atom is 0.123 e. The lowest BCUT2D eigenvalue weighted by atomic mass is 10.1. The first kappa shape index (κ1) is 15.4. The molecular weight excluding hydrogens is 320 g/mol. The topological polar surface area (TPSA) is 43.1 Å². The molecule has 2 N–H and O–H groups in total. The lowest BCUT2D eigenvalue weighted by Crippen LogP contribution is -2.01. The number of hydrogen-bond donors (Lipinski definition) is 1. The van der Waals surface area contributed by atoms with Gasteiger partial charge < -0.3 is 5.73 Å². The summed E-state index contributed by atoms with van der Waals surface area (Å²) in [6.45, 7) is 0.240. The van der Waals surface area contributed by atoms with Crippen LogP contribution < -0.4 is 5.73 Å². The average Bonchev–Trinajstić information content (AvgIpc) is 2.41. The van der Waals surface area contributed by atoms with Gasteiger partial charge >= 0.3 is 0 Å². The molecule has 0 aromatic heterocycles. The number of hydrogen-bond acceptors (Lipinski definition) is 2. The Morgan fingerprint density at radius 3 is 2.40 bits per heavy atom. The summed E-state index contributed by atoms with van der Waals surface area (Å²) in [7, 11) is -1.32. The summed E-state index contributed by atoms with van der Waals surface area (Å²) in [5, 5.41) is 0.753. The van der Waals surface area contributed by atoms with Crippen LogP contribution in [0.5, 0.6) is 0 Å². The van der Waals surface area contributed by atoms with E-state index in [9.17, 15) is 8.60 Å². The smallest absolute Gasteiger partial charge is 0.123 e. The highest BCUT2D eigenvalue weighted by Crippen LogP contribution is 2.25. The van der Waals surface area contributed by atoms with Gasteiger partial charge in [-0.25, -0.2) is 4.39 Å². The second kappa shape index (κ2) is 6.68. The van der Waals surface area contributed by atoms with Gasteiger partial charge in [-0.05, 0) is 41.5 Å². The van der Waals surface area contributed by atoms with Crippen LogP contribution in [0, 0.1) is 5.82 Å². The fourth-order valence-corrected chi connectivity index (χ4v) is 3.24. The van der Waals surface area contributed by atoms with E-state index in [1.54, 1.807) is 24.3 Å². The van der Waals surface area contributed by atoms with Crippen LogP contribution in [0.4, 0.5) is 4.39 Å². The summed E-state index contributed by atoms with van der Waals surface area (Å²) in [6.07, 6.45) is 0. The molecule has 2 aromatic rings. The third kappa shape index (κ3) is 3.79.